The van der Waals surface area contributed by atoms with E-state index in [1.165, 1.54) is 0 Å². The summed E-state index contributed by atoms with van der Waals surface area (Å²) in [6, 6.07) is 12.2. The molecule has 4 rings (SSSR count). The maximum absolute atomic E-state index is 12.4. The number of likely N-dealkylation sites (tertiary alicyclic amines) is 1. The fraction of sp³-hybridized carbons (Fsp3) is 0.450. The molecule has 5 nitrogen and oxygen atoms in total. The molecule has 2 fully saturated rings. The van der Waals surface area contributed by atoms with Crippen molar-refractivity contribution in [3.05, 3.63) is 53.4 Å². The van der Waals surface area contributed by atoms with E-state index in [4.69, 9.17) is 16.0 Å². The zero-order valence-corrected chi connectivity index (χ0v) is 15.5. The lowest BCUT2D eigenvalue weighted by molar-refractivity contribution is -0.117. The Morgan fingerprint density at radius 2 is 1.92 bits per heavy atom. The molecule has 0 aliphatic carbocycles. The molecule has 1 aromatic heterocycles. The standard InChI is InChI=1S/C20H24ClN3O2/c21-18-5-1-2-6-19(18)24-13-16(12-20(24)25)22-15-7-9-23(10-8-15)14-17-4-3-11-26-17/h1-6,11,15-16,22H,7-10,12-14H2. The number of benzene rings is 1. The van der Waals surface area contributed by atoms with Crippen molar-refractivity contribution in [2.75, 3.05) is 24.5 Å². The van der Waals surface area contributed by atoms with Crippen LogP contribution in [0.25, 0.3) is 0 Å². The van der Waals surface area contributed by atoms with Gasteiger partial charge >= 0.3 is 0 Å². The number of anilines is 1. The van der Waals surface area contributed by atoms with E-state index in [0.717, 1.165) is 43.9 Å². The average molecular weight is 374 g/mol. The van der Waals surface area contributed by atoms with Crippen LogP contribution >= 0.6 is 11.6 Å². The van der Waals surface area contributed by atoms with Crippen LogP contribution in [0.5, 0.6) is 0 Å². The molecular weight excluding hydrogens is 350 g/mol. The quantitative estimate of drug-likeness (QED) is 0.873. The molecule has 1 unspecified atom stereocenters. The third-order valence-electron chi connectivity index (χ3n) is 5.29. The minimum Gasteiger partial charge on any atom is -0.468 e. The molecule has 1 atom stereocenters. The molecule has 1 aromatic carbocycles. The summed E-state index contributed by atoms with van der Waals surface area (Å²) in [6.07, 6.45) is 4.46. The highest BCUT2D eigenvalue weighted by Gasteiger charge is 2.33. The van der Waals surface area contributed by atoms with Gasteiger partial charge in [-0.2, -0.15) is 0 Å². The predicted molar refractivity (Wildman–Crippen MR) is 102 cm³/mol. The summed E-state index contributed by atoms with van der Waals surface area (Å²) in [4.78, 5) is 16.7. The van der Waals surface area contributed by atoms with Gasteiger partial charge in [-0.25, -0.2) is 0 Å². The number of carbonyl (C=O) groups is 1. The summed E-state index contributed by atoms with van der Waals surface area (Å²) in [7, 11) is 0. The molecule has 0 spiro atoms. The Labute approximate surface area is 158 Å². The van der Waals surface area contributed by atoms with E-state index in [9.17, 15) is 4.79 Å². The van der Waals surface area contributed by atoms with Crippen molar-refractivity contribution in [3.63, 3.8) is 0 Å². The van der Waals surface area contributed by atoms with Gasteiger partial charge in [-0.3, -0.25) is 9.69 Å². The number of carbonyl (C=O) groups excluding carboxylic acids is 1. The molecule has 2 aliphatic rings. The van der Waals surface area contributed by atoms with Crippen molar-refractivity contribution in [2.45, 2.75) is 37.9 Å². The molecule has 3 heterocycles. The minimum atomic E-state index is 0.144. The summed E-state index contributed by atoms with van der Waals surface area (Å²) in [5.41, 5.74) is 0.816. The number of nitrogens with zero attached hydrogens (tertiary/aromatic N) is 2. The Balaban J connectivity index is 1.28. The normalized spacial score (nSPS) is 22.3. The molecule has 1 amide bonds. The molecule has 0 radical (unpaired) electrons. The first-order valence-electron chi connectivity index (χ1n) is 9.25. The molecule has 1 N–H and O–H groups in total. The number of hydrogen-bond donors (Lipinski definition) is 1. The second-order valence-electron chi connectivity index (χ2n) is 7.15. The van der Waals surface area contributed by atoms with Gasteiger partial charge in [0, 0.05) is 38.1 Å². The third kappa shape index (κ3) is 3.95. The average Bonchev–Trinajstić information content (AvgIpc) is 3.27. The second-order valence-corrected chi connectivity index (χ2v) is 7.56. The van der Waals surface area contributed by atoms with E-state index in [0.29, 0.717) is 24.0 Å². The van der Waals surface area contributed by atoms with Crippen molar-refractivity contribution in [1.82, 2.24) is 10.2 Å². The van der Waals surface area contributed by atoms with Crippen LogP contribution in [0, 0.1) is 0 Å². The number of furan rings is 1. The summed E-state index contributed by atoms with van der Waals surface area (Å²) in [6.45, 7) is 3.66. The van der Waals surface area contributed by atoms with Crippen molar-refractivity contribution in [2.24, 2.45) is 0 Å². The van der Waals surface area contributed by atoms with Gasteiger partial charge in [0.25, 0.3) is 0 Å². The number of nitrogens with one attached hydrogen (secondary N) is 1. The van der Waals surface area contributed by atoms with E-state index >= 15 is 0 Å². The maximum Gasteiger partial charge on any atom is 0.228 e. The first-order valence-corrected chi connectivity index (χ1v) is 9.62. The lowest BCUT2D eigenvalue weighted by atomic mass is 10.0. The summed E-state index contributed by atoms with van der Waals surface area (Å²) in [5.74, 6) is 1.17. The minimum absolute atomic E-state index is 0.144. The Hall–Kier alpha value is -1.82. The van der Waals surface area contributed by atoms with Crippen LogP contribution in [0.2, 0.25) is 5.02 Å². The van der Waals surface area contributed by atoms with Gasteiger partial charge in [0.15, 0.2) is 0 Å². The monoisotopic (exact) mass is 373 g/mol. The zero-order valence-electron chi connectivity index (χ0n) is 14.7. The van der Waals surface area contributed by atoms with Gasteiger partial charge in [-0.15, -0.1) is 0 Å². The van der Waals surface area contributed by atoms with Crippen molar-refractivity contribution < 1.29 is 9.21 Å². The molecule has 6 heteroatoms. The molecular formula is C20H24ClN3O2. The highest BCUT2D eigenvalue weighted by Crippen LogP contribution is 2.29. The number of hydrogen-bond acceptors (Lipinski definition) is 4. The largest absolute Gasteiger partial charge is 0.468 e. The molecule has 2 aliphatic heterocycles. The molecule has 138 valence electrons. The number of para-hydroxylation sites is 1. The SMILES string of the molecule is O=C1CC(NC2CCN(Cc3ccco3)CC2)CN1c1ccccc1Cl. The number of amides is 1. The van der Waals surface area contributed by atoms with Gasteiger partial charge in [0.1, 0.15) is 5.76 Å². The van der Waals surface area contributed by atoms with Crippen LogP contribution < -0.4 is 10.2 Å². The highest BCUT2D eigenvalue weighted by molar-refractivity contribution is 6.33. The summed E-state index contributed by atoms with van der Waals surface area (Å²) >= 11 is 6.26. The van der Waals surface area contributed by atoms with E-state index in [1.54, 1.807) is 6.26 Å². The Kier molecular flexibility index (Phi) is 5.29. The molecule has 26 heavy (non-hydrogen) atoms. The van der Waals surface area contributed by atoms with Crippen LogP contribution in [0.1, 0.15) is 25.0 Å². The van der Waals surface area contributed by atoms with E-state index < -0.39 is 0 Å². The highest BCUT2D eigenvalue weighted by atomic mass is 35.5. The molecule has 0 saturated carbocycles. The number of halogens is 1. The smallest absolute Gasteiger partial charge is 0.228 e. The van der Waals surface area contributed by atoms with Gasteiger partial charge in [0.2, 0.25) is 5.91 Å². The lowest BCUT2D eigenvalue weighted by Gasteiger charge is -2.33. The fourth-order valence-electron chi connectivity index (χ4n) is 3.94. The molecule has 2 aromatic rings. The van der Waals surface area contributed by atoms with Gasteiger partial charge < -0.3 is 14.6 Å². The zero-order chi connectivity index (χ0) is 17.9. The van der Waals surface area contributed by atoms with Crippen molar-refractivity contribution in [1.29, 1.82) is 0 Å². The molecule has 0 bridgehead atoms. The third-order valence-corrected chi connectivity index (χ3v) is 5.61. The number of piperidine rings is 1. The Morgan fingerprint density at radius 3 is 2.65 bits per heavy atom. The van der Waals surface area contributed by atoms with Gasteiger partial charge in [-0.1, -0.05) is 23.7 Å². The van der Waals surface area contributed by atoms with Crippen LogP contribution in [-0.4, -0.2) is 42.5 Å². The van der Waals surface area contributed by atoms with Crippen molar-refractivity contribution in [3.8, 4) is 0 Å². The summed E-state index contributed by atoms with van der Waals surface area (Å²) in [5, 5.41) is 4.32. The maximum atomic E-state index is 12.4. The Bertz CT molecular complexity index is 741. The Morgan fingerprint density at radius 1 is 1.12 bits per heavy atom. The first-order chi connectivity index (χ1) is 12.7. The first kappa shape index (κ1) is 17.6. The van der Waals surface area contributed by atoms with Crippen LogP contribution in [-0.2, 0) is 11.3 Å². The van der Waals surface area contributed by atoms with E-state index in [2.05, 4.69) is 10.2 Å². The van der Waals surface area contributed by atoms with Gasteiger partial charge in [-0.05, 0) is 37.1 Å². The van der Waals surface area contributed by atoms with Gasteiger partial charge in [0.05, 0.1) is 23.5 Å². The predicted octanol–water partition coefficient (Wildman–Crippen LogP) is 3.29. The van der Waals surface area contributed by atoms with Crippen molar-refractivity contribution >= 4 is 23.2 Å². The van der Waals surface area contributed by atoms with E-state index in [-0.39, 0.29) is 11.9 Å². The van der Waals surface area contributed by atoms with Crippen LogP contribution in [0.3, 0.4) is 0 Å². The lowest BCUT2D eigenvalue weighted by Crippen LogP contribution is -2.46. The fourth-order valence-corrected chi connectivity index (χ4v) is 4.17. The number of rotatable bonds is 5. The summed E-state index contributed by atoms with van der Waals surface area (Å²) < 4.78 is 5.43. The van der Waals surface area contributed by atoms with Crippen LogP contribution in [0.15, 0.2) is 47.1 Å². The molecule has 2 saturated heterocycles. The topological polar surface area (TPSA) is 48.7 Å². The van der Waals surface area contributed by atoms with E-state index in [1.807, 2.05) is 41.3 Å². The second kappa shape index (κ2) is 7.82. The van der Waals surface area contributed by atoms with Crippen LogP contribution in [0.4, 0.5) is 5.69 Å².